The lowest BCUT2D eigenvalue weighted by atomic mass is 10.1. The van der Waals surface area contributed by atoms with Crippen LogP contribution in [0.1, 0.15) is 42.1 Å². The minimum absolute atomic E-state index is 0.362. The van der Waals surface area contributed by atoms with Crippen LogP contribution in [0.3, 0.4) is 0 Å². The van der Waals surface area contributed by atoms with E-state index in [9.17, 15) is 0 Å². The normalized spacial score (nSPS) is 10.8. The number of thiocarbonyl (C=S) groups is 1. The Morgan fingerprint density at radius 1 is 1.25 bits per heavy atom. The van der Waals surface area contributed by atoms with Crippen LogP contribution < -0.4 is 5.73 Å². The minimum atomic E-state index is 0.362. The van der Waals surface area contributed by atoms with Gasteiger partial charge < -0.3 is 5.73 Å². The fourth-order valence-corrected chi connectivity index (χ4v) is 2.61. The third kappa shape index (κ3) is 2.58. The SMILES string of the molecule is CCc1cc(CC)n(-c2nc(C)cc(C)c2C(N)=S)n1. The van der Waals surface area contributed by atoms with Gasteiger partial charge in [0.1, 0.15) is 4.99 Å². The molecule has 0 aliphatic carbocycles. The van der Waals surface area contributed by atoms with E-state index in [0.29, 0.717) is 4.99 Å². The molecule has 0 fully saturated rings. The molecule has 0 saturated heterocycles. The monoisotopic (exact) mass is 288 g/mol. The zero-order chi connectivity index (χ0) is 14.9. The van der Waals surface area contributed by atoms with Crippen LogP contribution in [0.2, 0.25) is 0 Å². The molecule has 2 rings (SSSR count). The summed E-state index contributed by atoms with van der Waals surface area (Å²) in [4.78, 5) is 4.98. The summed E-state index contributed by atoms with van der Waals surface area (Å²) >= 11 is 5.19. The molecule has 20 heavy (non-hydrogen) atoms. The van der Waals surface area contributed by atoms with Gasteiger partial charge in [-0.05, 0) is 44.4 Å². The fraction of sp³-hybridized carbons (Fsp3) is 0.400. The highest BCUT2D eigenvalue weighted by Gasteiger charge is 2.17. The first-order valence-electron chi connectivity index (χ1n) is 6.84. The molecule has 2 aromatic heterocycles. The first-order valence-corrected chi connectivity index (χ1v) is 7.25. The van der Waals surface area contributed by atoms with Crippen molar-refractivity contribution in [3.8, 4) is 5.82 Å². The molecule has 0 unspecified atom stereocenters. The summed E-state index contributed by atoms with van der Waals surface area (Å²) in [7, 11) is 0. The van der Waals surface area contributed by atoms with Gasteiger partial charge in [-0.3, -0.25) is 0 Å². The maximum absolute atomic E-state index is 5.88. The number of hydrogen-bond acceptors (Lipinski definition) is 3. The highest BCUT2D eigenvalue weighted by Crippen LogP contribution is 2.20. The third-order valence-corrected chi connectivity index (χ3v) is 3.53. The standard InChI is InChI=1S/C15H20N4S/c1-5-11-8-12(6-2)19(18-11)15-13(14(16)20)9(3)7-10(4)17-15/h7-8H,5-6H2,1-4H3,(H2,16,20). The van der Waals surface area contributed by atoms with Crippen LogP contribution in [0.15, 0.2) is 12.1 Å². The molecule has 0 aliphatic rings. The van der Waals surface area contributed by atoms with Gasteiger partial charge in [0, 0.05) is 11.4 Å². The Balaban J connectivity index is 2.74. The average Bonchev–Trinajstić information content (AvgIpc) is 2.80. The number of aryl methyl sites for hydroxylation is 4. The molecular formula is C15H20N4S. The van der Waals surface area contributed by atoms with E-state index < -0.39 is 0 Å². The van der Waals surface area contributed by atoms with Crippen LogP contribution in [-0.4, -0.2) is 19.8 Å². The first-order chi connectivity index (χ1) is 9.47. The van der Waals surface area contributed by atoms with Crippen molar-refractivity contribution >= 4 is 17.2 Å². The van der Waals surface area contributed by atoms with E-state index >= 15 is 0 Å². The Labute approximate surface area is 125 Å². The van der Waals surface area contributed by atoms with E-state index in [1.54, 1.807) is 0 Å². The molecule has 106 valence electrons. The van der Waals surface area contributed by atoms with Gasteiger partial charge in [-0.15, -0.1) is 0 Å². The van der Waals surface area contributed by atoms with Crippen molar-refractivity contribution in [2.45, 2.75) is 40.5 Å². The maximum Gasteiger partial charge on any atom is 0.164 e. The Morgan fingerprint density at radius 2 is 1.95 bits per heavy atom. The van der Waals surface area contributed by atoms with Crippen LogP contribution in [0.4, 0.5) is 0 Å². The molecule has 0 bridgehead atoms. The molecule has 2 N–H and O–H groups in total. The van der Waals surface area contributed by atoms with Gasteiger partial charge in [0.05, 0.1) is 11.3 Å². The van der Waals surface area contributed by atoms with E-state index in [4.69, 9.17) is 18.0 Å². The number of rotatable bonds is 4. The first kappa shape index (κ1) is 14.7. The highest BCUT2D eigenvalue weighted by atomic mass is 32.1. The molecule has 0 radical (unpaired) electrons. The predicted octanol–water partition coefficient (Wildman–Crippen LogP) is 2.64. The van der Waals surface area contributed by atoms with Crippen LogP contribution in [0, 0.1) is 13.8 Å². The Morgan fingerprint density at radius 3 is 2.50 bits per heavy atom. The van der Waals surface area contributed by atoms with Crippen molar-refractivity contribution in [2.75, 3.05) is 0 Å². The number of aromatic nitrogens is 3. The zero-order valence-corrected chi connectivity index (χ0v) is 13.2. The van der Waals surface area contributed by atoms with Crippen molar-refractivity contribution in [3.05, 3.63) is 40.3 Å². The zero-order valence-electron chi connectivity index (χ0n) is 12.4. The van der Waals surface area contributed by atoms with Crippen molar-refractivity contribution in [1.82, 2.24) is 14.8 Å². The van der Waals surface area contributed by atoms with Gasteiger partial charge in [-0.25, -0.2) is 9.67 Å². The largest absolute Gasteiger partial charge is 0.389 e. The van der Waals surface area contributed by atoms with E-state index in [0.717, 1.165) is 46.9 Å². The minimum Gasteiger partial charge on any atom is -0.389 e. The average molecular weight is 288 g/mol. The summed E-state index contributed by atoms with van der Waals surface area (Å²) in [6, 6.07) is 4.11. The topological polar surface area (TPSA) is 56.7 Å². The molecule has 5 heteroatoms. The van der Waals surface area contributed by atoms with Crippen molar-refractivity contribution < 1.29 is 0 Å². The number of pyridine rings is 1. The van der Waals surface area contributed by atoms with Crippen LogP contribution >= 0.6 is 12.2 Å². The molecule has 0 atom stereocenters. The molecule has 0 aromatic carbocycles. The summed E-state index contributed by atoms with van der Waals surface area (Å²) in [6.07, 6.45) is 1.78. The molecule has 4 nitrogen and oxygen atoms in total. The lowest BCUT2D eigenvalue weighted by molar-refractivity contribution is 0.766. The summed E-state index contributed by atoms with van der Waals surface area (Å²) in [6.45, 7) is 8.17. The quantitative estimate of drug-likeness (QED) is 0.879. The summed E-state index contributed by atoms with van der Waals surface area (Å²) in [5, 5.41) is 4.63. The molecule has 2 aromatic rings. The number of hydrogen-bond donors (Lipinski definition) is 1. The second kappa shape index (κ2) is 5.71. The third-order valence-electron chi connectivity index (χ3n) is 3.33. The summed E-state index contributed by atoms with van der Waals surface area (Å²) in [5.41, 5.74) is 10.8. The van der Waals surface area contributed by atoms with Crippen molar-refractivity contribution in [3.63, 3.8) is 0 Å². The van der Waals surface area contributed by atoms with Gasteiger partial charge in [-0.1, -0.05) is 26.1 Å². The molecule has 0 spiro atoms. The van der Waals surface area contributed by atoms with Crippen molar-refractivity contribution in [1.29, 1.82) is 0 Å². The second-order valence-corrected chi connectivity index (χ2v) is 5.33. The summed E-state index contributed by atoms with van der Waals surface area (Å²) < 4.78 is 1.88. The van der Waals surface area contributed by atoms with E-state index in [1.807, 2.05) is 24.6 Å². The van der Waals surface area contributed by atoms with Gasteiger partial charge in [0.25, 0.3) is 0 Å². The molecular weight excluding hydrogens is 268 g/mol. The van der Waals surface area contributed by atoms with E-state index in [2.05, 4.69) is 30.0 Å². The van der Waals surface area contributed by atoms with Crippen LogP contribution in [0.5, 0.6) is 0 Å². The van der Waals surface area contributed by atoms with E-state index in [-0.39, 0.29) is 0 Å². The van der Waals surface area contributed by atoms with Crippen LogP contribution in [-0.2, 0) is 12.8 Å². The predicted molar refractivity (Wildman–Crippen MR) is 85.5 cm³/mol. The Hall–Kier alpha value is -1.75. The molecule has 0 saturated carbocycles. The highest BCUT2D eigenvalue weighted by molar-refractivity contribution is 7.80. The van der Waals surface area contributed by atoms with Gasteiger partial charge >= 0.3 is 0 Å². The number of nitrogens with zero attached hydrogens (tertiary/aromatic N) is 3. The van der Waals surface area contributed by atoms with E-state index in [1.165, 1.54) is 0 Å². The van der Waals surface area contributed by atoms with Gasteiger partial charge in [-0.2, -0.15) is 5.10 Å². The fourth-order valence-electron chi connectivity index (χ4n) is 2.36. The lowest BCUT2D eigenvalue weighted by Gasteiger charge is -2.13. The lowest BCUT2D eigenvalue weighted by Crippen LogP contribution is -2.18. The molecule has 0 aliphatic heterocycles. The summed E-state index contributed by atoms with van der Waals surface area (Å²) in [5.74, 6) is 0.742. The van der Waals surface area contributed by atoms with Gasteiger partial charge in [0.2, 0.25) is 0 Å². The van der Waals surface area contributed by atoms with Gasteiger partial charge in [0.15, 0.2) is 5.82 Å². The van der Waals surface area contributed by atoms with Crippen LogP contribution in [0.25, 0.3) is 5.82 Å². The second-order valence-electron chi connectivity index (χ2n) is 4.89. The number of nitrogens with two attached hydrogens (primary N) is 1. The molecule has 0 amide bonds. The molecule has 2 heterocycles. The maximum atomic E-state index is 5.88. The smallest absolute Gasteiger partial charge is 0.164 e. The Bertz CT molecular complexity index is 658. The van der Waals surface area contributed by atoms with Crippen molar-refractivity contribution in [2.24, 2.45) is 5.73 Å². The Kier molecular flexibility index (Phi) is 4.18.